The summed E-state index contributed by atoms with van der Waals surface area (Å²) in [5, 5.41) is 4.98. The highest BCUT2D eigenvalue weighted by Crippen LogP contribution is 2.16. The monoisotopic (exact) mass is 227 g/mol. The minimum absolute atomic E-state index is 0.0433. The third kappa shape index (κ3) is 3.73. The molecule has 1 aromatic carbocycles. The van der Waals surface area contributed by atoms with Crippen LogP contribution in [0.15, 0.2) is 41.3 Å². The minimum Gasteiger partial charge on any atom is -0.489 e. The van der Waals surface area contributed by atoms with Crippen molar-refractivity contribution in [2.75, 3.05) is 6.61 Å². The zero-order valence-corrected chi connectivity index (χ0v) is 9.25. The van der Waals surface area contributed by atoms with Crippen LogP contribution in [0.25, 0.3) is 0 Å². The third-order valence-corrected chi connectivity index (χ3v) is 2.53. The molecule has 0 radical (unpaired) electrons. The molecule has 0 saturated heterocycles. The lowest BCUT2D eigenvalue weighted by Gasteiger charge is -2.06. The Morgan fingerprint density at radius 1 is 1.53 bits per heavy atom. The highest BCUT2D eigenvalue weighted by atomic mass is 32.2. The second-order valence-electron chi connectivity index (χ2n) is 3.27. The van der Waals surface area contributed by atoms with Gasteiger partial charge in [0.1, 0.15) is 12.4 Å². The molecule has 0 fully saturated rings. The Bertz CT molecular complexity index is 465. The zero-order chi connectivity index (χ0) is 11.5. The zero-order valence-electron chi connectivity index (χ0n) is 8.43. The number of rotatable bonds is 4. The fraction of sp³-hybridized carbons (Fsp3) is 0.200. The highest BCUT2D eigenvalue weighted by Gasteiger charge is 2.08. The molecule has 4 nitrogen and oxygen atoms in total. The van der Waals surface area contributed by atoms with Gasteiger partial charge in [-0.2, -0.15) is 0 Å². The van der Waals surface area contributed by atoms with E-state index < -0.39 is 10.0 Å². The number of primary sulfonamides is 1. The van der Waals surface area contributed by atoms with Crippen molar-refractivity contribution < 1.29 is 13.2 Å². The first-order valence-electron chi connectivity index (χ1n) is 4.29. The van der Waals surface area contributed by atoms with Crippen LogP contribution in [0.3, 0.4) is 0 Å². The van der Waals surface area contributed by atoms with Crippen LogP contribution in [0.1, 0.15) is 6.92 Å². The number of hydrogen-bond acceptors (Lipinski definition) is 3. The molecule has 0 unspecified atom stereocenters. The van der Waals surface area contributed by atoms with Crippen molar-refractivity contribution in [2.24, 2.45) is 5.14 Å². The largest absolute Gasteiger partial charge is 0.489 e. The van der Waals surface area contributed by atoms with Crippen molar-refractivity contribution in [1.82, 2.24) is 0 Å². The SMILES string of the molecule is C=C(C)COc1cccc(S(N)(=O)=O)c1. The number of ether oxygens (including phenoxy) is 1. The van der Waals surface area contributed by atoms with Crippen molar-refractivity contribution in [2.45, 2.75) is 11.8 Å². The van der Waals surface area contributed by atoms with Gasteiger partial charge >= 0.3 is 0 Å². The van der Waals surface area contributed by atoms with Gasteiger partial charge in [-0.15, -0.1) is 0 Å². The van der Waals surface area contributed by atoms with E-state index in [0.29, 0.717) is 12.4 Å². The lowest BCUT2D eigenvalue weighted by atomic mass is 10.3. The average molecular weight is 227 g/mol. The molecule has 15 heavy (non-hydrogen) atoms. The number of benzene rings is 1. The Kier molecular flexibility index (Phi) is 3.49. The van der Waals surface area contributed by atoms with E-state index >= 15 is 0 Å². The molecule has 2 N–H and O–H groups in total. The fourth-order valence-corrected chi connectivity index (χ4v) is 1.50. The maximum absolute atomic E-state index is 11.0. The van der Waals surface area contributed by atoms with E-state index in [2.05, 4.69) is 6.58 Å². The maximum Gasteiger partial charge on any atom is 0.238 e. The van der Waals surface area contributed by atoms with E-state index in [1.165, 1.54) is 12.1 Å². The lowest BCUT2D eigenvalue weighted by molar-refractivity contribution is 0.351. The van der Waals surface area contributed by atoms with Crippen molar-refractivity contribution >= 4 is 10.0 Å². The van der Waals surface area contributed by atoms with E-state index in [0.717, 1.165) is 5.57 Å². The number of hydrogen-bond donors (Lipinski definition) is 1. The van der Waals surface area contributed by atoms with Crippen LogP contribution in [-0.2, 0) is 10.0 Å². The molecule has 0 spiro atoms. The quantitative estimate of drug-likeness (QED) is 0.788. The summed E-state index contributed by atoms with van der Waals surface area (Å²) in [6.45, 7) is 5.85. The predicted octanol–water partition coefficient (Wildman–Crippen LogP) is 1.29. The van der Waals surface area contributed by atoms with Gasteiger partial charge in [-0.1, -0.05) is 12.6 Å². The van der Waals surface area contributed by atoms with Gasteiger partial charge in [0, 0.05) is 6.07 Å². The molecule has 0 aliphatic carbocycles. The standard InChI is InChI=1S/C10H13NO3S/c1-8(2)7-14-9-4-3-5-10(6-9)15(11,12)13/h3-6H,1,7H2,2H3,(H2,11,12,13). The van der Waals surface area contributed by atoms with Crippen LogP contribution in [-0.4, -0.2) is 15.0 Å². The van der Waals surface area contributed by atoms with Gasteiger partial charge < -0.3 is 4.74 Å². The Hall–Kier alpha value is -1.33. The topological polar surface area (TPSA) is 69.4 Å². The van der Waals surface area contributed by atoms with E-state index in [4.69, 9.17) is 9.88 Å². The molecule has 0 saturated carbocycles. The van der Waals surface area contributed by atoms with Gasteiger partial charge in [-0.05, 0) is 24.6 Å². The Morgan fingerprint density at radius 2 is 2.20 bits per heavy atom. The minimum atomic E-state index is -3.67. The second-order valence-corrected chi connectivity index (χ2v) is 4.83. The van der Waals surface area contributed by atoms with Gasteiger partial charge in [-0.3, -0.25) is 0 Å². The summed E-state index contributed by atoms with van der Waals surface area (Å²) in [7, 11) is -3.67. The van der Waals surface area contributed by atoms with Crippen LogP contribution < -0.4 is 9.88 Å². The molecule has 0 heterocycles. The first kappa shape index (κ1) is 11.7. The van der Waals surface area contributed by atoms with Crippen molar-refractivity contribution in [3.8, 4) is 5.75 Å². The van der Waals surface area contributed by atoms with E-state index in [-0.39, 0.29) is 4.90 Å². The first-order chi connectivity index (χ1) is 6.89. The molecule has 0 aliphatic heterocycles. The van der Waals surface area contributed by atoms with Gasteiger partial charge in [0.05, 0.1) is 4.90 Å². The van der Waals surface area contributed by atoms with Crippen molar-refractivity contribution in [1.29, 1.82) is 0 Å². The summed E-state index contributed by atoms with van der Waals surface area (Å²) < 4.78 is 27.3. The van der Waals surface area contributed by atoms with E-state index in [9.17, 15) is 8.42 Å². The smallest absolute Gasteiger partial charge is 0.238 e. The van der Waals surface area contributed by atoms with Gasteiger partial charge in [0.15, 0.2) is 0 Å². The molecular weight excluding hydrogens is 214 g/mol. The van der Waals surface area contributed by atoms with Crippen molar-refractivity contribution in [3.05, 3.63) is 36.4 Å². The molecular formula is C10H13NO3S. The molecule has 5 heteroatoms. The van der Waals surface area contributed by atoms with Crippen molar-refractivity contribution in [3.63, 3.8) is 0 Å². The van der Waals surface area contributed by atoms with Crippen LogP contribution in [0.5, 0.6) is 5.75 Å². The molecule has 0 atom stereocenters. The summed E-state index contributed by atoms with van der Waals surface area (Å²) in [5.41, 5.74) is 0.857. The van der Waals surface area contributed by atoms with Gasteiger partial charge in [0.2, 0.25) is 10.0 Å². The van der Waals surface area contributed by atoms with Gasteiger partial charge in [0.25, 0.3) is 0 Å². The molecule has 0 aliphatic rings. The average Bonchev–Trinajstić information content (AvgIpc) is 2.14. The Morgan fingerprint density at radius 3 is 2.73 bits per heavy atom. The maximum atomic E-state index is 11.0. The predicted molar refractivity (Wildman–Crippen MR) is 58.1 cm³/mol. The molecule has 1 rings (SSSR count). The summed E-state index contributed by atoms with van der Waals surface area (Å²) >= 11 is 0. The Labute approximate surface area is 89.4 Å². The molecule has 0 bridgehead atoms. The third-order valence-electron chi connectivity index (χ3n) is 1.62. The summed E-state index contributed by atoms with van der Waals surface area (Å²) in [6.07, 6.45) is 0. The van der Waals surface area contributed by atoms with E-state index in [1.807, 2.05) is 6.92 Å². The van der Waals surface area contributed by atoms with Crippen LogP contribution >= 0.6 is 0 Å². The summed E-state index contributed by atoms with van der Waals surface area (Å²) in [6, 6.07) is 6.05. The molecule has 1 aromatic rings. The normalized spacial score (nSPS) is 11.1. The van der Waals surface area contributed by atoms with Crippen LogP contribution in [0.4, 0.5) is 0 Å². The highest BCUT2D eigenvalue weighted by molar-refractivity contribution is 7.89. The van der Waals surface area contributed by atoms with Gasteiger partial charge in [-0.25, -0.2) is 13.6 Å². The molecule has 0 aromatic heterocycles. The Balaban J connectivity index is 2.89. The van der Waals surface area contributed by atoms with Crippen LogP contribution in [0.2, 0.25) is 0 Å². The first-order valence-corrected chi connectivity index (χ1v) is 5.84. The van der Waals surface area contributed by atoms with E-state index in [1.54, 1.807) is 12.1 Å². The number of sulfonamides is 1. The number of nitrogens with two attached hydrogens (primary N) is 1. The van der Waals surface area contributed by atoms with Crippen LogP contribution in [0, 0.1) is 0 Å². The fourth-order valence-electron chi connectivity index (χ4n) is 0.948. The molecule has 0 amide bonds. The summed E-state index contributed by atoms with van der Waals surface area (Å²) in [5.74, 6) is 0.463. The summed E-state index contributed by atoms with van der Waals surface area (Å²) in [4.78, 5) is 0.0433. The second kappa shape index (κ2) is 4.46. The lowest BCUT2D eigenvalue weighted by Crippen LogP contribution is -2.12. The molecule has 82 valence electrons.